The molecule has 1 unspecified atom stereocenters. The van der Waals surface area contributed by atoms with Crippen LogP contribution in [-0.2, 0) is 11.3 Å². The van der Waals surface area contributed by atoms with Gasteiger partial charge in [-0.2, -0.15) is 0 Å². The summed E-state index contributed by atoms with van der Waals surface area (Å²) in [5.41, 5.74) is 0.501. The third kappa shape index (κ3) is 6.85. The van der Waals surface area contributed by atoms with Gasteiger partial charge in [-0.15, -0.1) is 10.2 Å². The molecule has 0 aliphatic carbocycles. The van der Waals surface area contributed by atoms with Crippen molar-refractivity contribution in [3.63, 3.8) is 0 Å². The minimum Gasteiger partial charge on any atom is -0.495 e. The Kier molecular flexibility index (Phi) is 8.57. The summed E-state index contributed by atoms with van der Waals surface area (Å²) < 4.78 is 26.3. The van der Waals surface area contributed by atoms with Crippen molar-refractivity contribution in [2.45, 2.75) is 38.6 Å². The first-order valence-corrected chi connectivity index (χ1v) is 11.7. The van der Waals surface area contributed by atoms with Crippen molar-refractivity contribution in [2.75, 3.05) is 18.2 Å². The lowest BCUT2D eigenvalue weighted by molar-refractivity contribution is -0.113. The fourth-order valence-electron chi connectivity index (χ4n) is 3.11. The van der Waals surface area contributed by atoms with Crippen molar-refractivity contribution in [1.82, 2.24) is 14.8 Å². The number of carbonyl (C=O) groups excluding carboxylic acids is 1. The van der Waals surface area contributed by atoms with Crippen LogP contribution < -0.4 is 14.8 Å². The van der Waals surface area contributed by atoms with E-state index in [-0.39, 0.29) is 17.5 Å². The van der Waals surface area contributed by atoms with Crippen LogP contribution in [0, 0.1) is 11.7 Å². The molecule has 0 spiro atoms. The SMILES string of the molecule is COc1ccc(Cl)cc1NC(=O)CSc1nnc(C(C)Oc2ccc(F)cc2)n1CC(C)C. The van der Waals surface area contributed by atoms with Gasteiger partial charge in [0, 0.05) is 11.6 Å². The number of methoxy groups -OCH3 is 1. The molecule has 1 atom stereocenters. The Labute approximate surface area is 201 Å². The number of hydrogen-bond donors (Lipinski definition) is 1. The van der Waals surface area contributed by atoms with Gasteiger partial charge in [0.15, 0.2) is 17.1 Å². The molecule has 3 aromatic rings. The summed E-state index contributed by atoms with van der Waals surface area (Å²) in [5, 5.41) is 12.5. The van der Waals surface area contributed by atoms with Crippen LogP contribution in [0.5, 0.6) is 11.5 Å². The van der Waals surface area contributed by atoms with Gasteiger partial charge >= 0.3 is 0 Å². The second-order valence-corrected chi connectivity index (χ2v) is 9.12. The van der Waals surface area contributed by atoms with Crippen LogP contribution in [0.3, 0.4) is 0 Å². The Balaban J connectivity index is 1.71. The first-order chi connectivity index (χ1) is 15.8. The number of halogens is 2. The standard InChI is InChI=1S/C23H26ClFN4O3S/c1-14(2)12-29-22(15(3)32-18-8-6-17(25)7-9-18)27-28-23(29)33-13-21(30)26-19-11-16(24)5-10-20(19)31-4/h5-11,14-15H,12-13H2,1-4H3,(H,26,30). The lowest BCUT2D eigenvalue weighted by Crippen LogP contribution is -2.17. The van der Waals surface area contributed by atoms with E-state index < -0.39 is 6.10 Å². The number of carbonyl (C=O) groups is 1. The molecule has 1 amide bonds. The van der Waals surface area contributed by atoms with Crippen molar-refractivity contribution >= 4 is 35.0 Å². The molecule has 10 heteroatoms. The summed E-state index contributed by atoms with van der Waals surface area (Å²) >= 11 is 7.31. The molecule has 1 N–H and O–H groups in total. The average Bonchev–Trinajstić information content (AvgIpc) is 3.16. The second kappa shape index (κ2) is 11.4. The number of rotatable bonds is 10. The molecule has 33 heavy (non-hydrogen) atoms. The summed E-state index contributed by atoms with van der Waals surface area (Å²) in [6, 6.07) is 10.8. The average molecular weight is 493 g/mol. The van der Waals surface area contributed by atoms with Gasteiger partial charge in [-0.05, 0) is 55.3 Å². The van der Waals surface area contributed by atoms with Crippen LogP contribution in [0.4, 0.5) is 10.1 Å². The molecule has 0 bridgehead atoms. The van der Waals surface area contributed by atoms with Crippen molar-refractivity contribution in [3.05, 3.63) is 59.1 Å². The number of nitrogens with one attached hydrogen (secondary N) is 1. The number of benzene rings is 2. The number of thioether (sulfide) groups is 1. The molecule has 0 fully saturated rings. The van der Waals surface area contributed by atoms with E-state index in [4.69, 9.17) is 21.1 Å². The van der Waals surface area contributed by atoms with E-state index in [1.165, 1.54) is 31.0 Å². The molecule has 0 radical (unpaired) electrons. The molecule has 2 aromatic carbocycles. The maximum atomic E-state index is 13.2. The molecule has 1 heterocycles. The molecule has 176 valence electrons. The van der Waals surface area contributed by atoms with E-state index >= 15 is 0 Å². The Morgan fingerprint density at radius 3 is 2.58 bits per heavy atom. The molecule has 1 aromatic heterocycles. The number of anilines is 1. The molecule has 7 nitrogen and oxygen atoms in total. The summed E-state index contributed by atoms with van der Waals surface area (Å²) in [5.74, 6) is 1.58. The molecule has 0 saturated heterocycles. The first-order valence-electron chi connectivity index (χ1n) is 10.4. The van der Waals surface area contributed by atoms with Gasteiger partial charge in [-0.25, -0.2) is 4.39 Å². The zero-order valence-electron chi connectivity index (χ0n) is 18.8. The summed E-state index contributed by atoms with van der Waals surface area (Å²) in [6.45, 7) is 6.69. The number of ether oxygens (including phenoxy) is 2. The highest BCUT2D eigenvalue weighted by Gasteiger charge is 2.21. The fourth-order valence-corrected chi connectivity index (χ4v) is 4.04. The normalized spacial score (nSPS) is 12.0. The van der Waals surface area contributed by atoms with E-state index in [1.807, 2.05) is 11.5 Å². The van der Waals surface area contributed by atoms with Gasteiger partial charge in [-0.3, -0.25) is 4.79 Å². The van der Waals surface area contributed by atoms with Gasteiger partial charge in [-0.1, -0.05) is 37.2 Å². The second-order valence-electron chi connectivity index (χ2n) is 7.74. The van der Waals surface area contributed by atoms with E-state index in [0.717, 1.165) is 0 Å². The van der Waals surface area contributed by atoms with Crippen molar-refractivity contribution in [3.8, 4) is 11.5 Å². The van der Waals surface area contributed by atoms with E-state index in [1.54, 1.807) is 30.3 Å². The summed E-state index contributed by atoms with van der Waals surface area (Å²) in [6.07, 6.45) is -0.416. The number of nitrogens with zero attached hydrogens (tertiary/aromatic N) is 3. The van der Waals surface area contributed by atoms with Crippen LogP contribution >= 0.6 is 23.4 Å². The van der Waals surface area contributed by atoms with Crippen LogP contribution in [0.25, 0.3) is 0 Å². The maximum absolute atomic E-state index is 13.2. The minimum atomic E-state index is -0.416. The predicted octanol–water partition coefficient (Wildman–Crippen LogP) is 5.61. The molecule has 0 aliphatic rings. The van der Waals surface area contributed by atoms with E-state index in [2.05, 4.69) is 29.4 Å². The van der Waals surface area contributed by atoms with Gasteiger partial charge in [0.25, 0.3) is 0 Å². The van der Waals surface area contributed by atoms with Crippen LogP contribution in [0.15, 0.2) is 47.6 Å². The van der Waals surface area contributed by atoms with Crippen LogP contribution in [0.1, 0.15) is 32.7 Å². The number of aromatic nitrogens is 3. The van der Waals surface area contributed by atoms with Crippen LogP contribution in [0.2, 0.25) is 5.02 Å². The third-order valence-corrected chi connectivity index (χ3v) is 5.75. The molecule has 3 rings (SSSR count). The lowest BCUT2D eigenvalue weighted by atomic mass is 10.2. The molecule has 0 saturated carbocycles. The lowest BCUT2D eigenvalue weighted by Gasteiger charge is -2.18. The zero-order valence-corrected chi connectivity index (χ0v) is 20.4. The maximum Gasteiger partial charge on any atom is 0.234 e. The molecular formula is C23H26ClFN4O3S. The predicted molar refractivity (Wildman–Crippen MR) is 128 cm³/mol. The molecule has 0 aliphatic heterocycles. The molecular weight excluding hydrogens is 467 g/mol. The monoisotopic (exact) mass is 492 g/mol. The topological polar surface area (TPSA) is 78.3 Å². The Hall–Kier alpha value is -2.78. The van der Waals surface area contributed by atoms with Gasteiger partial charge in [0.05, 0.1) is 18.6 Å². The van der Waals surface area contributed by atoms with Crippen molar-refractivity contribution in [2.24, 2.45) is 5.92 Å². The highest BCUT2D eigenvalue weighted by Crippen LogP contribution is 2.29. The van der Waals surface area contributed by atoms with E-state index in [9.17, 15) is 9.18 Å². The number of hydrogen-bond acceptors (Lipinski definition) is 6. The minimum absolute atomic E-state index is 0.124. The van der Waals surface area contributed by atoms with Crippen molar-refractivity contribution in [1.29, 1.82) is 0 Å². The third-order valence-electron chi connectivity index (χ3n) is 4.55. The summed E-state index contributed by atoms with van der Waals surface area (Å²) in [4.78, 5) is 12.6. The zero-order chi connectivity index (χ0) is 24.0. The van der Waals surface area contributed by atoms with Gasteiger partial charge in [0.2, 0.25) is 5.91 Å². The Morgan fingerprint density at radius 2 is 1.91 bits per heavy atom. The Morgan fingerprint density at radius 1 is 1.18 bits per heavy atom. The fraction of sp³-hybridized carbons (Fsp3) is 0.348. The smallest absolute Gasteiger partial charge is 0.234 e. The quantitative estimate of drug-likeness (QED) is 0.371. The highest BCUT2D eigenvalue weighted by molar-refractivity contribution is 7.99. The highest BCUT2D eigenvalue weighted by atomic mass is 35.5. The number of amides is 1. The van der Waals surface area contributed by atoms with Crippen LogP contribution in [-0.4, -0.2) is 33.5 Å². The largest absolute Gasteiger partial charge is 0.495 e. The first kappa shape index (κ1) is 24.9. The summed E-state index contributed by atoms with van der Waals surface area (Å²) in [7, 11) is 1.53. The Bertz CT molecular complexity index is 1090. The van der Waals surface area contributed by atoms with E-state index in [0.29, 0.717) is 45.7 Å². The van der Waals surface area contributed by atoms with Gasteiger partial charge in [0.1, 0.15) is 17.3 Å². The van der Waals surface area contributed by atoms with Gasteiger partial charge < -0.3 is 19.4 Å². The van der Waals surface area contributed by atoms with Crippen molar-refractivity contribution < 1.29 is 18.7 Å².